The van der Waals surface area contributed by atoms with Gasteiger partial charge in [0.2, 0.25) is 0 Å². The van der Waals surface area contributed by atoms with E-state index in [0.29, 0.717) is 0 Å². The van der Waals surface area contributed by atoms with Crippen LogP contribution in [0.1, 0.15) is 34.1 Å². The quantitative estimate of drug-likeness (QED) is 0.554. The van der Waals surface area contributed by atoms with Crippen molar-refractivity contribution >= 4 is 11.9 Å². The summed E-state index contributed by atoms with van der Waals surface area (Å²) in [5.41, 5.74) is 2.53. The van der Waals surface area contributed by atoms with Crippen LogP contribution >= 0.6 is 0 Å². The van der Waals surface area contributed by atoms with Gasteiger partial charge in [-0.15, -0.1) is 0 Å². The van der Waals surface area contributed by atoms with Crippen LogP contribution in [0.3, 0.4) is 0 Å². The Bertz CT molecular complexity index is 894. The first kappa shape index (κ1) is 12.6. The second-order valence-corrected chi connectivity index (χ2v) is 6.34. The van der Waals surface area contributed by atoms with Crippen LogP contribution < -0.4 is 0 Å². The lowest BCUT2D eigenvalue weighted by Crippen LogP contribution is -2.50. The third-order valence-corrected chi connectivity index (χ3v) is 5.53. The topological polar surface area (TPSA) is 67.2 Å². The van der Waals surface area contributed by atoms with Gasteiger partial charge in [-0.3, -0.25) is 4.79 Å². The number of rotatable bonds is 0. The Morgan fingerprint density at radius 2 is 1.43 bits per heavy atom. The van der Waals surface area contributed by atoms with Crippen LogP contribution in [0.5, 0.6) is 0 Å². The molecule has 0 saturated carbocycles. The lowest BCUT2D eigenvalue weighted by atomic mass is 9.48. The molecule has 0 amide bonds. The molecular formula is C19H11NO3. The largest absolute Gasteiger partial charge is 0.392 e. The van der Waals surface area contributed by atoms with E-state index in [1.165, 1.54) is 0 Å². The minimum Gasteiger partial charge on any atom is -0.392 e. The molecule has 4 nitrogen and oxygen atoms in total. The van der Waals surface area contributed by atoms with Gasteiger partial charge in [0.25, 0.3) is 0 Å². The molecule has 0 radical (unpaired) electrons. The Hall–Kier alpha value is -2.93. The summed E-state index contributed by atoms with van der Waals surface area (Å²) < 4.78 is 4.95. The maximum atomic E-state index is 12.5. The van der Waals surface area contributed by atoms with Crippen molar-refractivity contribution in [1.29, 1.82) is 5.26 Å². The van der Waals surface area contributed by atoms with Crippen LogP contribution in [0.4, 0.5) is 0 Å². The standard InChI is InChI=1S/C19H11NO3/c20-9-19-15-12-7-3-1-5-10(12)14(11-6-2-4-8-13(11)15)16(19)17(21)23-18(19)22/h1-8,14-16H. The van der Waals surface area contributed by atoms with E-state index >= 15 is 0 Å². The zero-order chi connectivity index (χ0) is 15.8. The molecule has 0 aromatic heterocycles. The predicted molar refractivity (Wildman–Crippen MR) is 79.2 cm³/mol. The van der Waals surface area contributed by atoms with Gasteiger partial charge in [0.1, 0.15) is 0 Å². The third-order valence-electron chi connectivity index (χ3n) is 5.53. The number of hydrogen-bond acceptors (Lipinski definition) is 4. The van der Waals surface area contributed by atoms with Crippen LogP contribution in [-0.2, 0) is 14.3 Å². The van der Waals surface area contributed by atoms with E-state index in [4.69, 9.17) is 4.74 Å². The van der Waals surface area contributed by atoms with Gasteiger partial charge in [0.15, 0.2) is 5.41 Å². The van der Waals surface area contributed by atoms with Crippen molar-refractivity contribution in [3.63, 3.8) is 0 Å². The molecule has 2 atom stereocenters. The Labute approximate surface area is 132 Å². The van der Waals surface area contributed by atoms with E-state index in [9.17, 15) is 14.9 Å². The highest BCUT2D eigenvalue weighted by Crippen LogP contribution is 2.66. The van der Waals surface area contributed by atoms with Gasteiger partial charge >= 0.3 is 11.9 Å². The molecule has 1 heterocycles. The van der Waals surface area contributed by atoms with Crippen molar-refractivity contribution < 1.29 is 14.3 Å². The van der Waals surface area contributed by atoms with E-state index in [1.54, 1.807) is 0 Å². The Morgan fingerprint density at radius 1 is 0.913 bits per heavy atom. The van der Waals surface area contributed by atoms with Gasteiger partial charge in [0, 0.05) is 11.8 Å². The van der Waals surface area contributed by atoms with Crippen molar-refractivity contribution in [2.75, 3.05) is 0 Å². The SMILES string of the molecule is N#CC12C(=O)OC(=O)C1C1c3ccccc3C2c2ccccc21. The summed E-state index contributed by atoms with van der Waals surface area (Å²) in [7, 11) is 0. The molecule has 1 aliphatic heterocycles. The molecular weight excluding hydrogens is 290 g/mol. The van der Waals surface area contributed by atoms with Gasteiger partial charge in [-0.25, -0.2) is 4.79 Å². The van der Waals surface area contributed by atoms with E-state index in [1.807, 2.05) is 48.5 Å². The number of carbonyl (C=O) groups is 2. The number of hydrogen-bond donors (Lipinski definition) is 0. The van der Waals surface area contributed by atoms with Crippen LogP contribution in [0.2, 0.25) is 0 Å². The maximum Gasteiger partial charge on any atom is 0.336 e. The van der Waals surface area contributed by atoms with Crippen molar-refractivity contribution in [2.45, 2.75) is 11.8 Å². The van der Waals surface area contributed by atoms with Crippen molar-refractivity contribution in [1.82, 2.24) is 0 Å². The number of benzene rings is 2. The monoisotopic (exact) mass is 301 g/mol. The summed E-state index contributed by atoms with van der Waals surface area (Å²) in [6.45, 7) is 0. The average molecular weight is 301 g/mol. The highest BCUT2D eigenvalue weighted by Gasteiger charge is 2.71. The van der Waals surface area contributed by atoms with Crippen molar-refractivity contribution in [3.8, 4) is 6.07 Å². The second kappa shape index (κ2) is 3.88. The number of cyclic esters (lactones) is 2. The maximum absolute atomic E-state index is 12.5. The second-order valence-electron chi connectivity index (χ2n) is 6.34. The molecule has 1 saturated heterocycles. The van der Waals surface area contributed by atoms with Crippen LogP contribution in [0, 0.1) is 22.7 Å². The van der Waals surface area contributed by atoms with Gasteiger partial charge in [0.05, 0.1) is 12.0 Å². The lowest BCUT2D eigenvalue weighted by molar-refractivity contribution is -0.154. The van der Waals surface area contributed by atoms with Gasteiger partial charge in [-0.1, -0.05) is 48.5 Å². The first-order chi connectivity index (χ1) is 11.2. The van der Waals surface area contributed by atoms with Crippen molar-refractivity contribution in [2.24, 2.45) is 11.3 Å². The van der Waals surface area contributed by atoms with Crippen molar-refractivity contribution in [3.05, 3.63) is 70.8 Å². The molecule has 3 aliphatic carbocycles. The smallest absolute Gasteiger partial charge is 0.336 e. The summed E-state index contributed by atoms with van der Waals surface area (Å²) in [6, 6.07) is 17.7. The van der Waals surface area contributed by atoms with E-state index in [-0.39, 0.29) is 5.92 Å². The summed E-state index contributed by atoms with van der Waals surface area (Å²) in [5, 5.41) is 9.91. The zero-order valence-electron chi connectivity index (χ0n) is 12.0. The Kier molecular flexibility index (Phi) is 2.12. The molecule has 0 spiro atoms. The summed E-state index contributed by atoms with van der Waals surface area (Å²) >= 11 is 0. The minimum absolute atomic E-state index is 0.300. The van der Waals surface area contributed by atoms with Gasteiger partial charge in [-0.05, 0) is 22.3 Å². The Morgan fingerprint density at radius 3 is 1.96 bits per heavy atom. The molecule has 4 aliphatic rings. The number of carbonyl (C=O) groups excluding carboxylic acids is 2. The number of ether oxygens (including phenoxy) is 1. The molecule has 0 N–H and O–H groups in total. The van der Waals surface area contributed by atoms with E-state index < -0.39 is 29.2 Å². The molecule has 2 aromatic carbocycles. The van der Waals surface area contributed by atoms with Gasteiger partial charge < -0.3 is 4.74 Å². The first-order valence-electron chi connectivity index (χ1n) is 7.55. The third kappa shape index (κ3) is 1.20. The number of nitrogens with zero attached hydrogens (tertiary/aromatic N) is 1. The van der Waals surface area contributed by atoms with Crippen LogP contribution in [0.25, 0.3) is 0 Å². The molecule has 6 rings (SSSR count). The first-order valence-corrected chi connectivity index (χ1v) is 7.55. The molecule has 2 unspecified atom stereocenters. The average Bonchev–Trinajstić information content (AvgIpc) is 2.86. The fraction of sp³-hybridized carbons (Fsp3) is 0.211. The van der Waals surface area contributed by atoms with E-state index in [2.05, 4.69) is 6.07 Å². The molecule has 1 fully saturated rings. The number of nitriles is 1. The van der Waals surface area contributed by atoms with E-state index in [0.717, 1.165) is 22.3 Å². The fourth-order valence-electron chi connectivity index (χ4n) is 4.73. The fourth-order valence-corrected chi connectivity index (χ4v) is 4.73. The zero-order valence-corrected chi connectivity index (χ0v) is 12.0. The highest BCUT2D eigenvalue weighted by molar-refractivity contribution is 6.04. The molecule has 2 bridgehead atoms. The Balaban J connectivity index is 1.95. The molecule has 4 heteroatoms. The molecule has 2 aromatic rings. The molecule has 110 valence electrons. The number of esters is 2. The van der Waals surface area contributed by atoms with Crippen LogP contribution in [-0.4, -0.2) is 11.9 Å². The molecule has 23 heavy (non-hydrogen) atoms. The van der Waals surface area contributed by atoms with Gasteiger partial charge in [-0.2, -0.15) is 5.26 Å². The van der Waals surface area contributed by atoms with Crippen LogP contribution in [0.15, 0.2) is 48.5 Å². The highest BCUT2D eigenvalue weighted by atomic mass is 16.6. The normalized spacial score (nSPS) is 32.6. The lowest BCUT2D eigenvalue weighted by Gasteiger charge is -2.48. The summed E-state index contributed by atoms with van der Waals surface area (Å²) in [6.07, 6.45) is 0. The minimum atomic E-state index is -1.44. The summed E-state index contributed by atoms with van der Waals surface area (Å²) in [4.78, 5) is 24.9. The summed E-state index contributed by atoms with van der Waals surface area (Å²) in [5.74, 6) is -2.78. The predicted octanol–water partition coefficient (Wildman–Crippen LogP) is 2.49.